The van der Waals surface area contributed by atoms with Gasteiger partial charge in [-0.25, -0.2) is 4.79 Å². The van der Waals surface area contributed by atoms with Crippen molar-refractivity contribution >= 4 is 17.6 Å². The summed E-state index contributed by atoms with van der Waals surface area (Å²) in [6.45, 7) is 3.66. The Labute approximate surface area is 187 Å². The van der Waals surface area contributed by atoms with Crippen molar-refractivity contribution in [1.82, 2.24) is 20.5 Å². The minimum Gasteiger partial charge on any atom is -0.370 e. The molecule has 1 spiro atoms. The van der Waals surface area contributed by atoms with Crippen LogP contribution in [-0.2, 0) is 17.8 Å². The zero-order valence-corrected chi connectivity index (χ0v) is 18.1. The summed E-state index contributed by atoms with van der Waals surface area (Å²) in [4.78, 5) is 31.0. The number of pyridine rings is 1. The Kier molecular flexibility index (Phi) is 5.80. The van der Waals surface area contributed by atoms with Crippen LogP contribution in [0, 0.1) is 0 Å². The third kappa shape index (κ3) is 4.47. The highest BCUT2D eigenvalue weighted by molar-refractivity contribution is 5.95. The van der Waals surface area contributed by atoms with Crippen molar-refractivity contribution in [3.8, 4) is 0 Å². The van der Waals surface area contributed by atoms with Crippen LogP contribution in [0.2, 0.25) is 0 Å². The number of carbonyl (C=O) groups is 2. The molecule has 8 nitrogen and oxygen atoms in total. The summed E-state index contributed by atoms with van der Waals surface area (Å²) in [5.74, 6) is -0.125. The maximum Gasteiger partial charge on any atom is 0.322 e. The molecule has 2 aromatic rings. The molecule has 1 atom stereocenters. The average molecular weight is 436 g/mol. The number of fused-ring (bicyclic) bond motifs is 1. The van der Waals surface area contributed by atoms with Gasteiger partial charge in [-0.3, -0.25) is 9.78 Å². The highest BCUT2D eigenvalue weighted by atomic mass is 16.5. The molecule has 1 aromatic heterocycles. The van der Waals surface area contributed by atoms with Crippen molar-refractivity contribution in [2.24, 2.45) is 0 Å². The first kappa shape index (κ1) is 20.9. The Balaban J connectivity index is 1.10. The zero-order chi connectivity index (χ0) is 22.0. The molecule has 1 aromatic carbocycles. The number of carbonyl (C=O) groups excluding carboxylic acids is 2. The van der Waals surface area contributed by atoms with Crippen molar-refractivity contribution in [3.63, 3.8) is 0 Å². The number of benzene rings is 1. The van der Waals surface area contributed by atoms with Gasteiger partial charge in [0.25, 0.3) is 5.91 Å². The van der Waals surface area contributed by atoms with E-state index in [4.69, 9.17) is 4.74 Å². The fourth-order valence-corrected chi connectivity index (χ4v) is 4.87. The van der Waals surface area contributed by atoms with Crippen molar-refractivity contribution in [2.45, 2.75) is 50.5 Å². The van der Waals surface area contributed by atoms with Gasteiger partial charge in [0.15, 0.2) is 0 Å². The molecule has 0 saturated carbocycles. The first-order valence-corrected chi connectivity index (χ1v) is 11.3. The second-order valence-electron chi connectivity index (χ2n) is 8.93. The van der Waals surface area contributed by atoms with Gasteiger partial charge < -0.3 is 25.6 Å². The van der Waals surface area contributed by atoms with Crippen LogP contribution in [0.3, 0.4) is 0 Å². The second-order valence-corrected chi connectivity index (χ2v) is 8.93. The largest absolute Gasteiger partial charge is 0.370 e. The van der Waals surface area contributed by atoms with E-state index in [2.05, 4.69) is 20.9 Å². The van der Waals surface area contributed by atoms with E-state index in [1.165, 1.54) is 0 Å². The molecule has 0 bridgehead atoms. The highest BCUT2D eigenvalue weighted by Crippen LogP contribution is 2.37. The van der Waals surface area contributed by atoms with Gasteiger partial charge in [-0.2, -0.15) is 0 Å². The molecule has 2 fully saturated rings. The maximum atomic E-state index is 12.6. The molecule has 3 aliphatic rings. The van der Waals surface area contributed by atoms with E-state index in [0.29, 0.717) is 30.9 Å². The molecule has 32 heavy (non-hydrogen) atoms. The highest BCUT2D eigenvalue weighted by Gasteiger charge is 2.40. The van der Waals surface area contributed by atoms with Gasteiger partial charge in [-0.1, -0.05) is 0 Å². The first-order chi connectivity index (χ1) is 15.6. The second kappa shape index (κ2) is 8.88. The molecular formula is C24H29N5O3. The van der Waals surface area contributed by atoms with Crippen molar-refractivity contribution in [3.05, 3.63) is 59.4 Å². The number of amides is 3. The summed E-state index contributed by atoms with van der Waals surface area (Å²) in [7, 11) is 0. The number of anilines is 1. The Morgan fingerprint density at radius 3 is 2.66 bits per heavy atom. The molecule has 3 N–H and O–H groups in total. The molecule has 3 aliphatic heterocycles. The van der Waals surface area contributed by atoms with Crippen LogP contribution in [0.15, 0.2) is 42.7 Å². The fraction of sp³-hybridized carbons (Fsp3) is 0.458. The van der Waals surface area contributed by atoms with Gasteiger partial charge in [0.05, 0.1) is 11.7 Å². The summed E-state index contributed by atoms with van der Waals surface area (Å²) >= 11 is 0. The summed E-state index contributed by atoms with van der Waals surface area (Å²) in [6, 6.07) is 8.76. The number of rotatable bonds is 4. The monoisotopic (exact) mass is 435 g/mol. The topological polar surface area (TPSA) is 95.6 Å². The molecule has 0 radical (unpaired) electrons. The van der Waals surface area contributed by atoms with Crippen LogP contribution in [0.4, 0.5) is 10.5 Å². The predicted octanol–water partition coefficient (Wildman–Crippen LogP) is 2.66. The lowest BCUT2D eigenvalue weighted by Crippen LogP contribution is -2.43. The molecule has 4 heterocycles. The quantitative estimate of drug-likeness (QED) is 0.686. The molecular weight excluding hydrogens is 406 g/mol. The lowest BCUT2D eigenvalue weighted by atomic mass is 9.89. The number of hydrogen-bond acceptors (Lipinski definition) is 5. The smallest absolute Gasteiger partial charge is 0.322 e. The molecule has 168 valence electrons. The normalized spacial score (nSPS) is 21.4. The molecule has 2 saturated heterocycles. The van der Waals surface area contributed by atoms with Crippen LogP contribution >= 0.6 is 0 Å². The van der Waals surface area contributed by atoms with E-state index in [1.54, 1.807) is 41.6 Å². The Bertz CT molecular complexity index is 962. The number of nitrogens with one attached hydrogen (secondary N) is 3. The molecule has 0 aliphatic carbocycles. The van der Waals surface area contributed by atoms with Gasteiger partial charge in [-0.05, 0) is 80.2 Å². The summed E-state index contributed by atoms with van der Waals surface area (Å²) in [5.41, 5.74) is 3.43. The summed E-state index contributed by atoms with van der Waals surface area (Å²) < 4.78 is 6.30. The number of ether oxygens (including phenoxy) is 1. The zero-order valence-electron chi connectivity index (χ0n) is 18.1. The maximum absolute atomic E-state index is 12.6. The molecule has 8 heteroatoms. The van der Waals surface area contributed by atoms with Crippen molar-refractivity contribution < 1.29 is 14.3 Å². The van der Waals surface area contributed by atoms with Crippen LogP contribution in [-0.4, -0.2) is 53.2 Å². The van der Waals surface area contributed by atoms with Crippen molar-refractivity contribution in [2.75, 3.05) is 25.0 Å². The molecule has 5 rings (SSSR count). The Morgan fingerprint density at radius 2 is 1.88 bits per heavy atom. The average Bonchev–Trinajstić information content (AvgIpc) is 3.43. The Hall–Kier alpha value is -2.97. The van der Waals surface area contributed by atoms with Crippen LogP contribution in [0.5, 0.6) is 0 Å². The molecule has 3 amide bonds. The van der Waals surface area contributed by atoms with E-state index >= 15 is 0 Å². The summed E-state index contributed by atoms with van der Waals surface area (Å²) in [5, 5.41) is 9.28. The minimum absolute atomic E-state index is 0.00766. The lowest BCUT2D eigenvalue weighted by Gasteiger charge is -2.33. The Morgan fingerprint density at radius 1 is 1.09 bits per heavy atom. The van der Waals surface area contributed by atoms with Gasteiger partial charge in [0, 0.05) is 43.3 Å². The van der Waals surface area contributed by atoms with E-state index in [1.807, 2.05) is 6.07 Å². The fourth-order valence-electron chi connectivity index (χ4n) is 4.87. The predicted molar refractivity (Wildman–Crippen MR) is 120 cm³/mol. The standard InChI is InChI=1S/C24H29N5O3/c30-22(27-14-21-5-7-24(32-21)8-11-25-12-9-24)17-1-3-20(4-2-17)28-23(31)29-15-18-6-10-26-13-19(18)16-29/h1-4,6,10,13,21,25H,5,7-9,11-12,14-16H2,(H,27,30)(H,28,31). The number of aromatic nitrogens is 1. The van der Waals surface area contributed by atoms with Gasteiger partial charge in [0.1, 0.15) is 0 Å². The van der Waals surface area contributed by atoms with Gasteiger partial charge in [-0.15, -0.1) is 0 Å². The van der Waals surface area contributed by atoms with Crippen LogP contribution in [0.1, 0.15) is 47.2 Å². The number of piperidine rings is 1. The first-order valence-electron chi connectivity index (χ1n) is 11.3. The van der Waals surface area contributed by atoms with Crippen LogP contribution < -0.4 is 16.0 Å². The van der Waals surface area contributed by atoms with Crippen LogP contribution in [0.25, 0.3) is 0 Å². The lowest BCUT2D eigenvalue weighted by molar-refractivity contribution is -0.0576. The number of hydrogen-bond donors (Lipinski definition) is 3. The third-order valence-corrected chi connectivity index (χ3v) is 6.76. The van der Waals surface area contributed by atoms with Gasteiger partial charge in [0.2, 0.25) is 0 Å². The van der Waals surface area contributed by atoms with E-state index in [9.17, 15) is 9.59 Å². The van der Waals surface area contributed by atoms with E-state index in [-0.39, 0.29) is 23.6 Å². The van der Waals surface area contributed by atoms with E-state index in [0.717, 1.165) is 49.9 Å². The third-order valence-electron chi connectivity index (χ3n) is 6.76. The number of urea groups is 1. The SMILES string of the molecule is O=C(NCC1CCC2(CCNCC2)O1)c1ccc(NC(=O)N2Cc3ccncc3C2)cc1. The summed E-state index contributed by atoms with van der Waals surface area (Å²) in [6.07, 6.45) is 7.78. The number of nitrogens with zero attached hydrogens (tertiary/aromatic N) is 2. The van der Waals surface area contributed by atoms with Crippen molar-refractivity contribution in [1.29, 1.82) is 0 Å². The minimum atomic E-state index is -0.163. The molecule has 1 unspecified atom stereocenters. The van der Waals surface area contributed by atoms with E-state index < -0.39 is 0 Å². The van der Waals surface area contributed by atoms with Gasteiger partial charge >= 0.3 is 6.03 Å².